The molecule has 0 unspecified atom stereocenters. The van der Waals surface area contributed by atoms with Crippen LogP contribution in [0.3, 0.4) is 0 Å². The molecule has 1 aliphatic heterocycles. The fourth-order valence-electron chi connectivity index (χ4n) is 2.81. The minimum absolute atomic E-state index is 0.789. The van der Waals surface area contributed by atoms with E-state index >= 15 is 0 Å². The molecule has 3 aromatic rings. The number of rotatable bonds is 1. The average molecular weight is 265 g/mol. The van der Waals surface area contributed by atoms with Gasteiger partial charge >= 0.3 is 0 Å². The molecule has 3 heterocycles. The van der Waals surface area contributed by atoms with Crippen LogP contribution in [0, 0.1) is 6.92 Å². The van der Waals surface area contributed by atoms with Crippen molar-refractivity contribution in [2.24, 2.45) is 7.05 Å². The van der Waals surface area contributed by atoms with Gasteiger partial charge in [-0.1, -0.05) is 12.1 Å². The molecule has 0 aliphatic carbocycles. The Bertz CT molecular complexity index is 820. The van der Waals surface area contributed by atoms with Crippen LogP contribution in [0.2, 0.25) is 0 Å². The second kappa shape index (κ2) is 4.07. The lowest BCUT2D eigenvalue weighted by Gasteiger charge is -2.05. The van der Waals surface area contributed by atoms with E-state index in [2.05, 4.69) is 34.3 Å². The smallest absolute Gasteiger partial charge is 0.157 e. The topological polar surface area (TPSA) is 39.9 Å². The summed E-state index contributed by atoms with van der Waals surface area (Å²) in [6.45, 7) is 2.80. The van der Waals surface area contributed by atoms with Crippen LogP contribution in [-0.2, 0) is 13.5 Å². The van der Waals surface area contributed by atoms with Gasteiger partial charge < -0.3 is 4.74 Å². The van der Waals surface area contributed by atoms with E-state index < -0.39 is 0 Å². The highest BCUT2D eigenvalue weighted by Crippen LogP contribution is 2.32. The Morgan fingerprint density at radius 1 is 1.20 bits per heavy atom. The molecule has 0 fully saturated rings. The molecule has 1 aromatic carbocycles. The fourth-order valence-corrected chi connectivity index (χ4v) is 2.81. The second-order valence-electron chi connectivity index (χ2n) is 5.23. The summed E-state index contributed by atoms with van der Waals surface area (Å²) in [4.78, 5) is 4.53. The SMILES string of the molecule is Cc1nn(C)c2ncc(-c3ccc4c(c3)OCC4)cc12. The maximum atomic E-state index is 5.64. The molecule has 4 rings (SSSR count). The molecule has 0 N–H and O–H groups in total. The Kier molecular flexibility index (Phi) is 2.33. The molecule has 100 valence electrons. The molecular formula is C16H15N3O. The second-order valence-corrected chi connectivity index (χ2v) is 5.23. The van der Waals surface area contributed by atoms with Crippen molar-refractivity contribution in [2.45, 2.75) is 13.3 Å². The van der Waals surface area contributed by atoms with Crippen molar-refractivity contribution in [1.29, 1.82) is 0 Å². The van der Waals surface area contributed by atoms with Crippen molar-refractivity contribution in [2.75, 3.05) is 6.61 Å². The molecule has 4 nitrogen and oxygen atoms in total. The standard InChI is InChI=1S/C16H15N3O/c1-10-14-7-13(9-17-16(14)19(2)18-10)12-4-3-11-5-6-20-15(11)8-12/h3-4,7-9H,5-6H2,1-2H3. The first-order chi connectivity index (χ1) is 9.72. The summed E-state index contributed by atoms with van der Waals surface area (Å²) in [5, 5.41) is 5.52. The van der Waals surface area contributed by atoms with Crippen LogP contribution >= 0.6 is 0 Å². The van der Waals surface area contributed by atoms with Crippen LogP contribution < -0.4 is 4.74 Å². The zero-order chi connectivity index (χ0) is 13.7. The molecule has 0 saturated heterocycles. The molecule has 20 heavy (non-hydrogen) atoms. The van der Waals surface area contributed by atoms with Gasteiger partial charge in [-0.15, -0.1) is 0 Å². The number of fused-ring (bicyclic) bond motifs is 2. The zero-order valence-corrected chi connectivity index (χ0v) is 11.6. The lowest BCUT2D eigenvalue weighted by atomic mass is 10.0. The van der Waals surface area contributed by atoms with Crippen molar-refractivity contribution < 1.29 is 4.74 Å². The van der Waals surface area contributed by atoms with Crippen molar-refractivity contribution in [1.82, 2.24) is 14.8 Å². The first-order valence-electron chi connectivity index (χ1n) is 6.78. The summed E-state index contributed by atoms with van der Waals surface area (Å²) in [6.07, 6.45) is 2.91. The normalized spacial score (nSPS) is 13.5. The van der Waals surface area contributed by atoms with Crippen molar-refractivity contribution in [3.63, 3.8) is 0 Å². The summed E-state index contributed by atoms with van der Waals surface area (Å²) in [7, 11) is 1.92. The highest BCUT2D eigenvalue weighted by atomic mass is 16.5. The van der Waals surface area contributed by atoms with Crippen LogP contribution in [0.15, 0.2) is 30.5 Å². The van der Waals surface area contributed by atoms with Crippen LogP contribution in [0.25, 0.3) is 22.2 Å². The molecule has 0 spiro atoms. The number of aromatic nitrogens is 3. The summed E-state index contributed by atoms with van der Waals surface area (Å²) in [5.41, 5.74) is 5.47. The van der Waals surface area contributed by atoms with E-state index in [1.165, 1.54) is 5.56 Å². The number of pyridine rings is 1. The molecule has 4 heteroatoms. The van der Waals surface area contributed by atoms with E-state index in [1.807, 2.05) is 24.9 Å². The zero-order valence-electron chi connectivity index (χ0n) is 11.6. The van der Waals surface area contributed by atoms with E-state index in [0.29, 0.717) is 0 Å². The van der Waals surface area contributed by atoms with Gasteiger partial charge in [-0.05, 0) is 30.2 Å². The number of ether oxygens (including phenoxy) is 1. The van der Waals surface area contributed by atoms with Gasteiger partial charge in [0.1, 0.15) is 5.75 Å². The molecule has 2 aromatic heterocycles. The Balaban J connectivity index is 1.87. The van der Waals surface area contributed by atoms with Gasteiger partial charge in [0.05, 0.1) is 12.3 Å². The Morgan fingerprint density at radius 3 is 3.00 bits per heavy atom. The van der Waals surface area contributed by atoms with Crippen LogP contribution in [0.4, 0.5) is 0 Å². The minimum atomic E-state index is 0.789. The molecule has 1 aliphatic rings. The van der Waals surface area contributed by atoms with E-state index in [9.17, 15) is 0 Å². The summed E-state index contributed by atoms with van der Waals surface area (Å²) < 4.78 is 7.46. The van der Waals surface area contributed by atoms with E-state index in [0.717, 1.165) is 46.6 Å². The molecule has 0 saturated carbocycles. The summed E-state index contributed by atoms with van der Waals surface area (Å²) >= 11 is 0. The third kappa shape index (κ3) is 1.61. The predicted octanol–water partition coefficient (Wildman–Crippen LogP) is 2.88. The number of hydrogen-bond acceptors (Lipinski definition) is 3. The van der Waals surface area contributed by atoms with Gasteiger partial charge in [-0.3, -0.25) is 4.68 Å². The first-order valence-corrected chi connectivity index (χ1v) is 6.78. The highest BCUT2D eigenvalue weighted by Gasteiger charge is 2.14. The minimum Gasteiger partial charge on any atom is -0.493 e. The van der Waals surface area contributed by atoms with Crippen molar-refractivity contribution >= 4 is 11.0 Å². The third-order valence-electron chi connectivity index (χ3n) is 3.89. The van der Waals surface area contributed by atoms with Gasteiger partial charge in [-0.2, -0.15) is 5.10 Å². The lowest BCUT2D eigenvalue weighted by Crippen LogP contribution is -1.91. The lowest BCUT2D eigenvalue weighted by molar-refractivity contribution is 0.357. The van der Waals surface area contributed by atoms with E-state index in [-0.39, 0.29) is 0 Å². The number of aryl methyl sites for hydroxylation is 2. The van der Waals surface area contributed by atoms with E-state index in [1.54, 1.807) is 0 Å². The predicted molar refractivity (Wildman–Crippen MR) is 77.9 cm³/mol. The maximum absolute atomic E-state index is 5.64. The Hall–Kier alpha value is -2.36. The van der Waals surface area contributed by atoms with Gasteiger partial charge in [0.25, 0.3) is 0 Å². The fraction of sp³-hybridized carbons (Fsp3) is 0.250. The third-order valence-corrected chi connectivity index (χ3v) is 3.89. The maximum Gasteiger partial charge on any atom is 0.157 e. The molecule has 0 radical (unpaired) electrons. The molecule has 0 bridgehead atoms. The van der Waals surface area contributed by atoms with Gasteiger partial charge in [0.15, 0.2) is 5.65 Å². The van der Waals surface area contributed by atoms with E-state index in [4.69, 9.17) is 4.74 Å². The van der Waals surface area contributed by atoms with Crippen molar-refractivity contribution in [3.8, 4) is 16.9 Å². The average Bonchev–Trinajstić information content (AvgIpc) is 3.03. The van der Waals surface area contributed by atoms with Gasteiger partial charge in [0, 0.05) is 30.6 Å². The highest BCUT2D eigenvalue weighted by molar-refractivity contribution is 5.83. The molecular weight excluding hydrogens is 250 g/mol. The van der Waals surface area contributed by atoms with Crippen LogP contribution in [0.1, 0.15) is 11.3 Å². The quantitative estimate of drug-likeness (QED) is 0.679. The molecule has 0 amide bonds. The number of nitrogens with zero attached hydrogens (tertiary/aromatic N) is 3. The molecule has 0 atom stereocenters. The summed E-state index contributed by atoms with van der Waals surface area (Å²) in [6, 6.07) is 8.55. The van der Waals surface area contributed by atoms with Gasteiger partial charge in [-0.25, -0.2) is 4.98 Å². The van der Waals surface area contributed by atoms with Crippen LogP contribution in [0.5, 0.6) is 5.75 Å². The van der Waals surface area contributed by atoms with Crippen LogP contribution in [-0.4, -0.2) is 21.4 Å². The first kappa shape index (κ1) is 11.5. The Labute approximate surface area is 117 Å². The number of benzene rings is 1. The van der Waals surface area contributed by atoms with Crippen molar-refractivity contribution in [3.05, 3.63) is 41.7 Å². The Morgan fingerprint density at radius 2 is 2.10 bits per heavy atom. The monoisotopic (exact) mass is 265 g/mol. The number of hydrogen-bond donors (Lipinski definition) is 0. The largest absolute Gasteiger partial charge is 0.493 e. The summed E-state index contributed by atoms with van der Waals surface area (Å²) in [5.74, 6) is 1.01. The van der Waals surface area contributed by atoms with Gasteiger partial charge in [0.2, 0.25) is 0 Å².